The summed E-state index contributed by atoms with van der Waals surface area (Å²) in [6, 6.07) is 13.6. The van der Waals surface area contributed by atoms with Gasteiger partial charge in [-0.2, -0.15) is 5.26 Å². The predicted molar refractivity (Wildman–Crippen MR) is 109 cm³/mol. The van der Waals surface area contributed by atoms with E-state index in [-0.39, 0.29) is 5.57 Å². The zero-order valence-electron chi connectivity index (χ0n) is 16.2. The van der Waals surface area contributed by atoms with Gasteiger partial charge in [0.15, 0.2) is 0 Å². The molecule has 0 saturated carbocycles. The minimum absolute atomic E-state index is 0.00785. The molecule has 0 spiro atoms. The molecule has 140 valence electrons. The van der Waals surface area contributed by atoms with Gasteiger partial charge in [0.25, 0.3) is 5.91 Å². The molecule has 0 aliphatic carbocycles. The second-order valence-corrected chi connectivity index (χ2v) is 6.13. The summed E-state index contributed by atoms with van der Waals surface area (Å²) in [7, 11) is 1.54. The number of rotatable bonds is 7. The number of nitriles is 1. The van der Waals surface area contributed by atoms with Crippen molar-refractivity contribution in [1.82, 2.24) is 0 Å². The minimum atomic E-state index is -0.485. The van der Waals surface area contributed by atoms with Crippen LogP contribution in [0.4, 0.5) is 11.4 Å². The van der Waals surface area contributed by atoms with Crippen molar-refractivity contribution < 1.29 is 9.53 Å². The first-order valence-electron chi connectivity index (χ1n) is 8.97. The number of aryl methyl sites for hydroxylation is 3. The summed E-state index contributed by atoms with van der Waals surface area (Å²) in [5, 5.41) is 15.4. The monoisotopic (exact) mass is 363 g/mol. The van der Waals surface area contributed by atoms with Gasteiger partial charge in [0.2, 0.25) is 0 Å². The number of anilines is 2. The minimum Gasteiger partial charge on any atom is -0.495 e. The van der Waals surface area contributed by atoms with E-state index < -0.39 is 5.91 Å². The van der Waals surface area contributed by atoms with Crippen LogP contribution < -0.4 is 15.4 Å². The Morgan fingerprint density at radius 2 is 1.85 bits per heavy atom. The number of nitrogens with one attached hydrogen (secondary N) is 2. The van der Waals surface area contributed by atoms with Gasteiger partial charge >= 0.3 is 0 Å². The standard InChI is InChI=1S/C22H25N3O2/c1-5-16-8-7-9-17(6-2)21(16)24-14-18(13-23)22(26)25-19-12-15(3)10-11-20(19)27-4/h7-12,14,24H,5-6H2,1-4H3,(H,25,26)/b18-14-. The number of ether oxygens (including phenoxy) is 1. The van der Waals surface area contributed by atoms with Gasteiger partial charge < -0.3 is 15.4 Å². The van der Waals surface area contributed by atoms with E-state index in [9.17, 15) is 10.1 Å². The quantitative estimate of drug-likeness (QED) is 0.557. The number of benzene rings is 2. The summed E-state index contributed by atoms with van der Waals surface area (Å²) >= 11 is 0. The first-order chi connectivity index (χ1) is 13.0. The van der Waals surface area contributed by atoms with Gasteiger partial charge in [-0.1, -0.05) is 38.1 Å². The molecule has 0 heterocycles. The van der Waals surface area contributed by atoms with Crippen LogP contribution in [0.2, 0.25) is 0 Å². The number of hydrogen-bond acceptors (Lipinski definition) is 4. The molecule has 2 aromatic rings. The molecule has 2 rings (SSSR count). The van der Waals surface area contributed by atoms with E-state index in [2.05, 4.69) is 24.5 Å². The molecule has 5 nitrogen and oxygen atoms in total. The van der Waals surface area contributed by atoms with E-state index in [0.717, 1.165) is 35.2 Å². The van der Waals surface area contributed by atoms with Crippen molar-refractivity contribution in [3.63, 3.8) is 0 Å². The van der Waals surface area contributed by atoms with Gasteiger partial charge in [0, 0.05) is 11.9 Å². The molecule has 1 amide bonds. The molecule has 0 fully saturated rings. The highest BCUT2D eigenvalue weighted by Gasteiger charge is 2.13. The van der Waals surface area contributed by atoms with Gasteiger partial charge in [0.05, 0.1) is 12.8 Å². The fourth-order valence-corrected chi connectivity index (χ4v) is 2.83. The molecule has 0 saturated heterocycles. The SMILES string of the molecule is CCc1cccc(CC)c1N/C=C(/C#N)C(=O)Nc1cc(C)ccc1OC. The van der Waals surface area contributed by atoms with E-state index in [0.29, 0.717) is 11.4 Å². The van der Waals surface area contributed by atoms with Crippen LogP contribution >= 0.6 is 0 Å². The number of nitrogens with zero attached hydrogens (tertiary/aromatic N) is 1. The summed E-state index contributed by atoms with van der Waals surface area (Å²) in [5.41, 5.74) is 4.75. The van der Waals surface area contributed by atoms with Gasteiger partial charge in [-0.3, -0.25) is 4.79 Å². The Kier molecular flexibility index (Phi) is 7.01. The fraction of sp³-hybridized carbons (Fsp3) is 0.273. The second-order valence-electron chi connectivity index (χ2n) is 6.13. The maximum absolute atomic E-state index is 12.6. The molecule has 0 aliphatic rings. The first-order valence-corrected chi connectivity index (χ1v) is 8.97. The fourth-order valence-electron chi connectivity index (χ4n) is 2.83. The van der Waals surface area contributed by atoms with E-state index >= 15 is 0 Å². The van der Waals surface area contributed by atoms with Crippen LogP contribution in [0.15, 0.2) is 48.2 Å². The third kappa shape index (κ3) is 4.89. The lowest BCUT2D eigenvalue weighted by molar-refractivity contribution is -0.112. The summed E-state index contributed by atoms with van der Waals surface area (Å²) in [5.74, 6) is 0.0599. The Morgan fingerprint density at radius 1 is 1.19 bits per heavy atom. The molecule has 0 aliphatic heterocycles. The summed E-state index contributed by atoms with van der Waals surface area (Å²) < 4.78 is 5.27. The Balaban J connectivity index is 2.26. The molecule has 0 radical (unpaired) electrons. The van der Waals surface area contributed by atoms with Crippen molar-refractivity contribution in [3.05, 3.63) is 64.9 Å². The molecule has 27 heavy (non-hydrogen) atoms. The zero-order valence-corrected chi connectivity index (χ0v) is 16.2. The Labute approximate surface area is 160 Å². The maximum Gasteiger partial charge on any atom is 0.267 e. The Morgan fingerprint density at radius 3 is 2.41 bits per heavy atom. The van der Waals surface area contributed by atoms with Crippen molar-refractivity contribution in [3.8, 4) is 11.8 Å². The molecule has 0 aromatic heterocycles. The van der Waals surface area contributed by atoms with Crippen LogP contribution in [0, 0.1) is 18.3 Å². The number of hydrogen-bond donors (Lipinski definition) is 2. The van der Waals surface area contributed by atoms with Crippen molar-refractivity contribution in [2.45, 2.75) is 33.6 Å². The lowest BCUT2D eigenvalue weighted by Crippen LogP contribution is -2.15. The van der Waals surface area contributed by atoms with Crippen molar-refractivity contribution in [1.29, 1.82) is 5.26 Å². The highest BCUT2D eigenvalue weighted by molar-refractivity contribution is 6.07. The lowest BCUT2D eigenvalue weighted by atomic mass is 10.0. The average Bonchev–Trinajstić information content (AvgIpc) is 2.68. The third-order valence-electron chi connectivity index (χ3n) is 4.33. The number of amides is 1. The second kappa shape index (κ2) is 9.44. The molecule has 2 N–H and O–H groups in total. The highest BCUT2D eigenvalue weighted by Crippen LogP contribution is 2.26. The van der Waals surface area contributed by atoms with Gasteiger partial charge in [0.1, 0.15) is 17.4 Å². The number of para-hydroxylation sites is 1. The van der Waals surface area contributed by atoms with Gasteiger partial charge in [-0.25, -0.2) is 0 Å². The van der Waals surface area contributed by atoms with E-state index in [1.165, 1.54) is 13.3 Å². The smallest absolute Gasteiger partial charge is 0.267 e. The molecular weight excluding hydrogens is 338 g/mol. The van der Waals surface area contributed by atoms with E-state index in [4.69, 9.17) is 4.74 Å². The molecule has 0 unspecified atom stereocenters. The molecule has 2 aromatic carbocycles. The molecular formula is C22H25N3O2. The average molecular weight is 363 g/mol. The normalized spacial score (nSPS) is 10.9. The van der Waals surface area contributed by atoms with Gasteiger partial charge in [-0.05, 0) is 48.6 Å². The first kappa shape index (κ1) is 20.1. The summed E-state index contributed by atoms with van der Waals surface area (Å²) in [4.78, 5) is 12.6. The topological polar surface area (TPSA) is 74.2 Å². The van der Waals surface area contributed by atoms with Crippen LogP contribution in [0.1, 0.15) is 30.5 Å². The van der Waals surface area contributed by atoms with E-state index in [1.807, 2.05) is 37.3 Å². The summed E-state index contributed by atoms with van der Waals surface area (Å²) in [6.07, 6.45) is 3.18. The highest BCUT2D eigenvalue weighted by atomic mass is 16.5. The lowest BCUT2D eigenvalue weighted by Gasteiger charge is -2.13. The number of methoxy groups -OCH3 is 1. The largest absolute Gasteiger partial charge is 0.495 e. The number of carbonyl (C=O) groups excluding carboxylic acids is 1. The van der Waals surface area contributed by atoms with Crippen LogP contribution in [0.3, 0.4) is 0 Å². The summed E-state index contributed by atoms with van der Waals surface area (Å²) in [6.45, 7) is 6.07. The molecule has 5 heteroatoms. The predicted octanol–water partition coefficient (Wildman–Crippen LogP) is 4.59. The molecule has 0 bridgehead atoms. The van der Waals surface area contributed by atoms with Crippen molar-refractivity contribution in [2.24, 2.45) is 0 Å². The van der Waals surface area contributed by atoms with Crippen LogP contribution in [-0.4, -0.2) is 13.0 Å². The van der Waals surface area contributed by atoms with Crippen molar-refractivity contribution >= 4 is 17.3 Å². The van der Waals surface area contributed by atoms with E-state index in [1.54, 1.807) is 12.1 Å². The van der Waals surface area contributed by atoms with Crippen LogP contribution in [-0.2, 0) is 17.6 Å². The Bertz CT molecular complexity index is 873. The Hall–Kier alpha value is -3.26. The van der Waals surface area contributed by atoms with Crippen molar-refractivity contribution in [2.75, 3.05) is 17.7 Å². The maximum atomic E-state index is 12.6. The van der Waals surface area contributed by atoms with Crippen LogP contribution in [0.5, 0.6) is 5.75 Å². The molecule has 0 atom stereocenters. The number of carbonyl (C=O) groups is 1. The van der Waals surface area contributed by atoms with Gasteiger partial charge in [-0.15, -0.1) is 0 Å². The third-order valence-corrected chi connectivity index (χ3v) is 4.33. The zero-order chi connectivity index (χ0) is 19.8. The van der Waals surface area contributed by atoms with Crippen LogP contribution in [0.25, 0.3) is 0 Å².